The predicted molar refractivity (Wildman–Crippen MR) is 82.8 cm³/mol. The fraction of sp³-hybridized carbons (Fsp3) is 0.538. The Balaban J connectivity index is 3.40. The minimum absolute atomic E-state index is 0.117. The number of sulfonamides is 1. The summed E-state index contributed by atoms with van der Waals surface area (Å²) in [6.45, 7) is 9.74. The van der Waals surface area contributed by atoms with Crippen molar-refractivity contribution in [1.29, 1.82) is 0 Å². The molecule has 0 bridgehead atoms. The highest BCUT2D eigenvalue weighted by Gasteiger charge is 2.20. The highest BCUT2D eigenvalue weighted by atomic mass is 32.3. The van der Waals surface area contributed by atoms with E-state index >= 15 is 0 Å². The molecule has 0 aliphatic carbocycles. The molecule has 1 aromatic carbocycles. The molecule has 4 nitrogen and oxygen atoms in total. The zero-order valence-corrected chi connectivity index (χ0v) is 13.7. The topological polar surface area (TPSA) is 72.5 Å². The summed E-state index contributed by atoms with van der Waals surface area (Å²) in [6, 6.07) is 5.00. The van der Waals surface area contributed by atoms with Crippen molar-refractivity contribution in [2.75, 3.05) is 5.73 Å². The maximum absolute atomic E-state index is 12.4. The number of hydrogen-bond acceptors (Lipinski definition) is 3. The molecule has 0 aromatic heterocycles. The Bertz CT molecular complexity index is 581. The number of aryl methyl sites for hydroxylation is 1. The molecule has 0 amide bonds. The lowest BCUT2D eigenvalue weighted by Gasteiger charge is -2.16. The van der Waals surface area contributed by atoms with E-state index in [0.717, 1.165) is 5.56 Å². The van der Waals surface area contributed by atoms with Crippen molar-refractivity contribution in [3.63, 3.8) is 0 Å². The van der Waals surface area contributed by atoms with Crippen molar-refractivity contribution in [2.45, 2.75) is 50.0 Å². The molecule has 0 heterocycles. The first kappa shape index (κ1) is 16.2. The van der Waals surface area contributed by atoms with Gasteiger partial charge in [0, 0.05) is 10.5 Å². The van der Waals surface area contributed by atoms with Gasteiger partial charge in [-0.05, 0) is 18.6 Å². The monoisotopic (exact) mass is 302 g/mol. The summed E-state index contributed by atoms with van der Waals surface area (Å²) in [5.74, 6) is 0. The van der Waals surface area contributed by atoms with Gasteiger partial charge in [-0.25, -0.2) is 0 Å². The molecule has 2 N–H and O–H groups in total. The third kappa shape index (κ3) is 3.79. The normalized spacial score (nSPS) is 12.4. The molecular weight excluding hydrogens is 280 g/mol. The van der Waals surface area contributed by atoms with Crippen molar-refractivity contribution < 1.29 is 8.42 Å². The van der Waals surface area contributed by atoms with E-state index in [0.29, 0.717) is 5.69 Å². The summed E-state index contributed by atoms with van der Waals surface area (Å²) in [7, 11) is -4.22. The second-order valence-electron chi connectivity index (χ2n) is 4.98. The van der Waals surface area contributed by atoms with E-state index in [1.54, 1.807) is 19.1 Å². The summed E-state index contributed by atoms with van der Waals surface area (Å²) >= 11 is 0. The second-order valence-corrected chi connectivity index (χ2v) is 9.55. The Labute approximate surface area is 118 Å². The largest absolute Gasteiger partial charge is 0.397 e. The summed E-state index contributed by atoms with van der Waals surface area (Å²) in [5, 5.41) is 0.390. The van der Waals surface area contributed by atoms with Crippen LogP contribution in [0, 0.1) is 6.92 Å². The maximum atomic E-state index is 12.4. The standard InChI is InChI=1S/C13H22N2O2S2/c1-9(2)18(10(3)4)15-19(16,17)12-8-6-7-11(5)13(12)14/h6-10H,14H2,1-5H3. The lowest BCUT2D eigenvalue weighted by atomic mass is 10.2. The number of nitrogen functional groups attached to an aromatic ring is 1. The molecule has 0 fully saturated rings. The second kappa shape index (κ2) is 6.05. The van der Waals surface area contributed by atoms with Gasteiger partial charge in [-0.15, -0.1) is 3.77 Å². The number of rotatable bonds is 4. The maximum Gasteiger partial charge on any atom is 0.289 e. The van der Waals surface area contributed by atoms with Crippen LogP contribution in [-0.4, -0.2) is 18.9 Å². The smallest absolute Gasteiger partial charge is 0.289 e. The molecule has 108 valence electrons. The molecular formula is C13H22N2O2S2. The fourth-order valence-electron chi connectivity index (χ4n) is 1.75. The van der Waals surface area contributed by atoms with Crippen LogP contribution in [0.4, 0.5) is 5.69 Å². The van der Waals surface area contributed by atoms with Crippen molar-refractivity contribution >= 4 is 26.4 Å². The van der Waals surface area contributed by atoms with Gasteiger partial charge in [0.2, 0.25) is 0 Å². The van der Waals surface area contributed by atoms with Crippen molar-refractivity contribution in [1.82, 2.24) is 0 Å². The Morgan fingerprint density at radius 3 is 2.16 bits per heavy atom. The van der Waals surface area contributed by atoms with Crippen LogP contribution < -0.4 is 5.73 Å². The zero-order chi connectivity index (χ0) is 14.8. The summed E-state index contributed by atoms with van der Waals surface area (Å²) < 4.78 is 28.9. The first-order valence-electron chi connectivity index (χ1n) is 6.22. The van der Waals surface area contributed by atoms with Gasteiger partial charge in [-0.1, -0.05) is 50.5 Å². The van der Waals surface area contributed by atoms with Gasteiger partial charge in [0.1, 0.15) is 4.90 Å². The number of benzene rings is 1. The number of nitrogens with two attached hydrogens (primary N) is 1. The van der Waals surface area contributed by atoms with Gasteiger partial charge in [-0.3, -0.25) is 0 Å². The molecule has 6 heteroatoms. The fourth-order valence-corrected chi connectivity index (χ4v) is 6.13. The number of para-hydroxylation sites is 1. The molecule has 0 atom stereocenters. The Hall–Kier alpha value is -0.880. The highest BCUT2D eigenvalue weighted by molar-refractivity contribution is 8.00. The molecule has 0 aliphatic rings. The van der Waals surface area contributed by atoms with Crippen LogP contribution in [0.5, 0.6) is 0 Å². The molecule has 0 unspecified atom stereocenters. The quantitative estimate of drug-likeness (QED) is 0.869. The van der Waals surface area contributed by atoms with Crippen LogP contribution in [0.25, 0.3) is 0 Å². The molecule has 19 heavy (non-hydrogen) atoms. The summed E-state index contributed by atoms with van der Waals surface area (Å²) in [4.78, 5) is 0.117. The Kier molecular flexibility index (Phi) is 5.15. The van der Waals surface area contributed by atoms with Crippen molar-refractivity contribution in [3.05, 3.63) is 23.8 Å². The molecule has 1 aromatic rings. The molecule has 0 aliphatic heterocycles. The zero-order valence-electron chi connectivity index (χ0n) is 12.0. The van der Waals surface area contributed by atoms with E-state index < -0.39 is 20.7 Å². The highest BCUT2D eigenvalue weighted by Crippen LogP contribution is 2.25. The Morgan fingerprint density at radius 2 is 1.68 bits per heavy atom. The average molecular weight is 302 g/mol. The first-order valence-corrected chi connectivity index (χ1v) is 8.96. The van der Waals surface area contributed by atoms with Gasteiger partial charge >= 0.3 is 0 Å². The van der Waals surface area contributed by atoms with E-state index in [2.05, 4.69) is 3.77 Å². The van der Waals surface area contributed by atoms with Gasteiger partial charge < -0.3 is 5.73 Å². The van der Waals surface area contributed by atoms with Crippen LogP contribution in [-0.2, 0) is 20.7 Å². The van der Waals surface area contributed by atoms with Crippen LogP contribution in [0.1, 0.15) is 33.3 Å². The molecule has 0 spiro atoms. The van der Waals surface area contributed by atoms with Gasteiger partial charge in [0.25, 0.3) is 10.0 Å². The van der Waals surface area contributed by atoms with E-state index in [4.69, 9.17) is 5.73 Å². The Morgan fingerprint density at radius 1 is 1.16 bits per heavy atom. The summed E-state index contributed by atoms with van der Waals surface area (Å²) in [5.41, 5.74) is 6.91. The SMILES string of the molecule is Cc1cccc(S(=O)(=O)N=S(C(C)C)C(C)C)c1N. The van der Waals surface area contributed by atoms with Crippen LogP contribution >= 0.6 is 0 Å². The van der Waals surface area contributed by atoms with Gasteiger partial charge in [0.05, 0.1) is 5.69 Å². The van der Waals surface area contributed by atoms with Crippen molar-refractivity contribution in [2.24, 2.45) is 3.77 Å². The minimum Gasteiger partial charge on any atom is -0.397 e. The molecule has 0 saturated heterocycles. The lowest BCUT2D eigenvalue weighted by molar-refractivity contribution is 0.599. The number of anilines is 1. The third-order valence-corrected chi connectivity index (χ3v) is 7.03. The predicted octanol–water partition coefficient (Wildman–Crippen LogP) is 2.88. The molecule has 1 rings (SSSR count). The number of hydrogen-bond donors (Lipinski definition) is 1. The van der Waals surface area contributed by atoms with E-state index in [1.807, 2.05) is 27.7 Å². The average Bonchev–Trinajstić information content (AvgIpc) is 2.28. The lowest BCUT2D eigenvalue weighted by Crippen LogP contribution is -2.18. The third-order valence-electron chi connectivity index (χ3n) is 2.71. The van der Waals surface area contributed by atoms with Crippen LogP contribution in [0.15, 0.2) is 26.9 Å². The first-order chi connectivity index (χ1) is 8.66. The van der Waals surface area contributed by atoms with Crippen LogP contribution in [0.3, 0.4) is 0 Å². The van der Waals surface area contributed by atoms with Gasteiger partial charge in [0.15, 0.2) is 0 Å². The van der Waals surface area contributed by atoms with Crippen molar-refractivity contribution in [3.8, 4) is 0 Å². The molecule has 0 saturated carbocycles. The summed E-state index contributed by atoms with van der Waals surface area (Å²) in [6.07, 6.45) is 0. The van der Waals surface area contributed by atoms with E-state index in [1.165, 1.54) is 6.07 Å². The minimum atomic E-state index is -3.69. The van der Waals surface area contributed by atoms with Gasteiger partial charge in [-0.2, -0.15) is 8.42 Å². The van der Waals surface area contributed by atoms with Crippen LogP contribution in [0.2, 0.25) is 0 Å². The van der Waals surface area contributed by atoms with E-state index in [-0.39, 0.29) is 15.4 Å². The number of nitrogens with zero attached hydrogens (tertiary/aromatic N) is 1. The van der Waals surface area contributed by atoms with E-state index in [9.17, 15) is 8.42 Å². The molecule has 0 radical (unpaired) electrons.